The van der Waals surface area contributed by atoms with E-state index in [4.69, 9.17) is 5.73 Å². The van der Waals surface area contributed by atoms with Crippen LogP contribution in [0.3, 0.4) is 0 Å². The average molecular weight is 446 g/mol. The Morgan fingerprint density at radius 3 is 1.33 bits per heavy atom. The lowest BCUT2D eigenvalue weighted by molar-refractivity contribution is 0.457. The van der Waals surface area contributed by atoms with Crippen LogP contribution in [0.25, 0.3) is 12.2 Å². The molecule has 2 rings (SSSR count). The number of hydrogen-bond acceptors (Lipinski definition) is 1. The van der Waals surface area contributed by atoms with E-state index in [0.717, 1.165) is 25.3 Å². The first-order chi connectivity index (χ1) is 16.4. The van der Waals surface area contributed by atoms with E-state index in [1.807, 2.05) is 0 Å². The number of rotatable bonds is 19. The number of nitrogens with two attached hydrogens (primary N) is 1. The molecule has 0 aliphatic carbocycles. The molecule has 180 valence electrons. The third-order valence-corrected chi connectivity index (χ3v) is 6.48. The van der Waals surface area contributed by atoms with Gasteiger partial charge in [0.15, 0.2) is 0 Å². The second-order valence-electron chi connectivity index (χ2n) is 9.43. The van der Waals surface area contributed by atoms with Crippen LogP contribution in [0.15, 0.2) is 72.8 Å². The van der Waals surface area contributed by atoms with Crippen molar-refractivity contribution in [2.45, 2.75) is 89.9 Å². The summed E-state index contributed by atoms with van der Waals surface area (Å²) in [5.41, 5.74) is 8.16. The Bertz CT molecular complexity index is 680. The fourth-order valence-corrected chi connectivity index (χ4v) is 4.42. The second-order valence-corrected chi connectivity index (χ2v) is 9.43. The van der Waals surface area contributed by atoms with E-state index >= 15 is 0 Å². The average Bonchev–Trinajstić information content (AvgIpc) is 2.85. The highest BCUT2D eigenvalue weighted by Gasteiger charge is 2.05. The first-order valence-electron chi connectivity index (χ1n) is 13.5. The van der Waals surface area contributed by atoms with Crippen LogP contribution in [0.1, 0.15) is 101 Å². The molecule has 2 N–H and O–H groups in total. The Morgan fingerprint density at radius 1 is 0.515 bits per heavy atom. The zero-order valence-corrected chi connectivity index (χ0v) is 20.8. The predicted molar refractivity (Wildman–Crippen MR) is 148 cm³/mol. The van der Waals surface area contributed by atoms with Crippen molar-refractivity contribution in [1.29, 1.82) is 0 Å². The molecule has 1 nitrogen and oxygen atoms in total. The van der Waals surface area contributed by atoms with Gasteiger partial charge in [0.25, 0.3) is 0 Å². The van der Waals surface area contributed by atoms with Gasteiger partial charge in [-0.2, -0.15) is 0 Å². The van der Waals surface area contributed by atoms with Gasteiger partial charge in [0.1, 0.15) is 0 Å². The number of hydrogen-bond donors (Lipinski definition) is 1. The largest absolute Gasteiger partial charge is 0.330 e. The molecule has 0 saturated carbocycles. The molecule has 0 fully saturated rings. The van der Waals surface area contributed by atoms with Crippen molar-refractivity contribution in [1.82, 2.24) is 0 Å². The van der Waals surface area contributed by atoms with E-state index in [0.29, 0.717) is 0 Å². The lowest BCUT2D eigenvalue weighted by Crippen LogP contribution is -1.98. The lowest BCUT2D eigenvalue weighted by Gasteiger charge is -2.13. The molecule has 0 atom stereocenters. The van der Waals surface area contributed by atoms with Crippen molar-refractivity contribution in [2.24, 2.45) is 11.7 Å². The summed E-state index contributed by atoms with van der Waals surface area (Å²) in [7, 11) is 0. The summed E-state index contributed by atoms with van der Waals surface area (Å²) >= 11 is 0. The van der Waals surface area contributed by atoms with E-state index in [1.165, 1.54) is 88.2 Å². The van der Waals surface area contributed by atoms with E-state index < -0.39 is 0 Å². The van der Waals surface area contributed by atoms with Gasteiger partial charge in [-0.3, -0.25) is 0 Å². The summed E-state index contributed by atoms with van der Waals surface area (Å²) in [6.07, 6.45) is 28.1. The van der Waals surface area contributed by atoms with E-state index in [9.17, 15) is 0 Å². The SMILES string of the molecule is NCCCCCCCCCCCCCC(CC=Cc1ccccc1)CC=Cc1ccccc1. The summed E-state index contributed by atoms with van der Waals surface area (Å²) in [6, 6.07) is 21.3. The third-order valence-electron chi connectivity index (χ3n) is 6.48. The molecule has 0 radical (unpaired) electrons. The normalized spacial score (nSPS) is 12.6. The van der Waals surface area contributed by atoms with Gasteiger partial charge < -0.3 is 5.73 Å². The summed E-state index contributed by atoms with van der Waals surface area (Å²) in [4.78, 5) is 0. The number of benzene rings is 2. The molecule has 0 unspecified atom stereocenters. The molecule has 1 heteroatoms. The van der Waals surface area contributed by atoms with Gasteiger partial charge in [0.05, 0.1) is 0 Å². The highest BCUT2D eigenvalue weighted by Crippen LogP contribution is 2.21. The lowest BCUT2D eigenvalue weighted by atomic mass is 9.93. The minimum atomic E-state index is 0.735. The highest BCUT2D eigenvalue weighted by atomic mass is 14.5. The Hall–Kier alpha value is -2.12. The van der Waals surface area contributed by atoms with Crippen molar-refractivity contribution >= 4 is 12.2 Å². The molecule has 0 heterocycles. The Kier molecular flexibility index (Phi) is 15.9. The second kappa shape index (κ2) is 19.4. The van der Waals surface area contributed by atoms with Gasteiger partial charge in [0, 0.05) is 0 Å². The molecule has 0 aromatic heterocycles. The highest BCUT2D eigenvalue weighted by molar-refractivity contribution is 5.49. The van der Waals surface area contributed by atoms with Crippen LogP contribution >= 0.6 is 0 Å². The van der Waals surface area contributed by atoms with Crippen LogP contribution in [-0.4, -0.2) is 6.54 Å². The van der Waals surface area contributed by atoms with Crippen LogP contribution in [0.4, 0.5) is 0 Å². The van der Waals surface area contributed by atoms with Crippen molar-refractivity contribution in [3.8, 4) is 0 Å². The molecule has 0 amide bonds. The van der Waals surface area contributed by atoms with Gasteiger partial charge >= 0.3 is 0 Å². The Balaban J connectivity index is 1.63. The molecule has 0 aliphatic rings. The van der Waals surface area contributed by atoms with Crippen molar-refractivity contribution in [3.63, 3.8) is 0 Å². The molecule has 2 aromatic rings. The minimum Gasteiger partial charge on any atom is -0.330 e. The first kappa shape index (κ1) is 27.1. The maximum atomic E-state index is 5.56. The topological polar surface area (TPSA) is 26.0 Å². The van der Waals surface area contributed by atoms with Crippen molar-refractivity contribution in [3.05, 3.63) is 83.9 Å². The fourth-order valence-electron chi connectivity index (χ4n) is 4.42. The van der Waals surface area contributed by atoms with Crippen LogP contribution in [0.2, 0.25) is 0 Å². The van der Waals surface area contributed by atoms with Crippen molar-refractivity contribution < 1.29 is 0 Å². The molecular formula is C32H47N. The standard InChI is InChI=1S/C32H47N/c33-29-17-9-7-5-3-1-2-4-6-8-12-20-32(27-18-25-30-21-13-10-14-22-30)28-19-26-31-23-15-11-16-24-31/h10-11,13-16,18-19,21-26,32H,1-9,12,17,20,27-29,33H2. The third kappa shape index (κ3) is 14.6. The first-order valence-corrected chi connectivity index (χ1v) is 13.5. The summed E-state index contributed by atoms with van der Waals surface area (Å²) in [5, 5.41) is 0. The molecule has 2 aromatic carbocycles. The molecule has 0 aliphatic heterocycles. The molecule has 0 spiro atoms. The zero-order valence-electron chi connectivity index (χ0n) is 20.8. The molecule has 0 saturated heterocycles. The van der Waals surface area contributed by atoms with Gasteiger partial charge in [-0.1, -0.05) is 149 Å². The van der Waals surface area contributed by atoms with Gasteiger partial charge in [-0.25, -0.2) is 0 Å². The van der Waals surface area contributed by atoms with Crippen LogP contribution < -0.4 is 5.73 Å². The van der Waals surface area contributed by atoms with E-state index in [-0.39, 0.29) is 0 Å². The van der Waals surface area contributed by atoms with E-state index in [1.54, 1.807) is 0 Å². The number of unbranched alkanes of at least 4 members (excludes halogenated alkanes) is 10. The quantitative estimate of drug-likeness (QED) is 0.214. The Morgan fingerprint density at radius 2 is 0.909 bits per heavy atom. The zero-order chi connectivity index (χ0) is 23.2. The minimum absolute atomic E-state index is 0.735. The molecule has 0 bridgehead atoms. The van der Waals surface area contributed by atoms with Crippen LogP contribution in [-0.2, 0) is 0 Å². The van der Waals surface area contributed by atoms with Crippen LogP contribution in [0.5, 0.6) is 0 Å². The van der Waals surface area contributed by atoms with Gasteiger partial charge in [-0.15, -0.1) is 0 Å². The maximum Gasteiger partial charge on any atom is -0.00773 e. The smallest absolute Gasteiger partial charge is 0.00773 e. The van der Waals surface area contributed by atoms with Gasteiger partial charge in [0.2, 0.25) is 0 Å². The Labute approximate surface area is 204 Å². The fraction of sp³-hybridized carbons (Fsp3) is 0.500. The molecular weight excluding hydrogens is 398 g/mol. The number of allylic oxidation sites excluding steroid dienone is 2. The summed E-state index contributed by atoms with van der Waals surface area (Å²) < 4.78 is 0. The monoisotopic (exact) mass is 445 g/mol. The predicted octanol–water partition coefficient (Wildman–Crippen LogP) is 9.45. The summed E-state index contributed by atoms with van der Waals surface area (Å²) in [6.45, 7) is 0.855. The van der Waals surface area contributed by atoms with Crippen molar-refractivity contribution in [2.75, 3.05) is 6.54 Å². The van der Waals surface area contributed by atoms with E-state index in [2.05, 4.69) is 85.0 Å². The summed E-state index contributed by atoms with van der Waals surface area (Å²) in [5.74, 6) is 0.735. The van der Waals surface area contributed by atoms with Crippen LogP contribution in [0, 0.1) is 5.92 Å². The van der Waals surface area contributed by atoms with Gasteiger partial charge in [-0.05, 0) is 49.3 Å². The molecule has 33 heavy (non-hydrogen) atoms. The maximum absolute atomic E-state index is 5.56.